The molecule has 7 heteroatoms. The number of rotatable bonds is 5. The van der Waals surface area contributed by atoms with E-state index in [9.17, 15) is 19.5 Å². The molecular weight excluding hydrogens is 384 g/mol. The number of carboxylic acid groups (broad SMARTS) is 1. The lowest BCUT2D eigenvalue weighted by molar-refractivity contribution is -0.156. The number of ether oxygens (including phenoxy) is 1. The van der Waals surface area contributed by atoms with Crippen LogP contribution in [-0.4, -0.2) is 66.0 Å². The van der Waals surface area contributed by atoms with Crippen LogP contribution in [0.5, 0.6) is 0 Å². The molecule has 7 nitrogen and oxygen atoms in total. The average Bonchev–Trinajstić information content (AvgIpc) is 2.98. The Balaban J connectivity index is 1.56. The Bertz CT molecular complexity index is 811. The molecule has 3 rings (SSSR count). The molecule has 0 aromatic heterocycles. The van der Waals surface area contributed by atoms with E-state index in [-0.39, 0.29) is 17.8 Å². The molecule has 164 valence electrons. The summed E-state index contributed by atoms with van der Waals surface area (Å²) in [7, 11) is 1.37. The van der Waals surface area contributed by atoms with E-state index in [4.69, 9.17) is 4.74 Å². The van der Waals surface area contributed by atoms with Gasteiger partial charge in [-0.1, -0.05) is 26.0 Å². The summed E-state index contributed by atoms with van der Waals surface area (Å²) >= 11 is 0. The van der Waals surface area contributed by atoms with Gasteiger partial charge in [-0.3, -0.25) is 14.5 Å². The molecule has 2 atom stereocenters. The maximum Gasteiger partial charge on any atom is 0.337 e. The van der Waals surface area contributed by atoms with Crippen molar-refractivity contribution >= 4 is 17.8 Å². The van der Waals surface area contributed by atoms with Crippen LogP contribution in [0.2, 0.25) is 0 Å². The third-order valence-corrected chi connectivity index (χ3v) is 7.46. The zero-order valence-electron chi connectivity index (χ0n) is 18.3. The highest BCUT2D eigenvalue weighted by molar-refractivity contribution is 5.89. The quantitative estimate of drug-likeness (QED) is 0.743. The lowest BCUT2D eigenvalue weighted by Crippen LogP contribution is -2.52. The number of carboxylic acids is 1. The van der Waals surface area contributed by atoms with Crippen LogP contribution in [0.3, 0.4) is 0 Å². The van der Waals surface area contributed by atoms with Crippen LogP contribution in [0, 0.1) is 16.7 Å². The Morgan fingerprint density at radius 3 is 2.17 bits per heavy atom. The minimum absolute atomic E-state index is 0.0899. The standard InChI is InChI=1S/C23H32N2O5/c1-22(2)18(9-10-23(22,3)21(28)29)19(26)25-13-11-24(12-14-25)15-16-5-7-17(8-6-16)20(27)30-4/h5-8,18H,9-15H2,1-4H3,(H,28,29). The molecule has 1 amide bonds. The molecule has 1 aliphatic carbocycles. The predicted octanol–water partition coefficient (Wildman–Crippen LogP) is 2.64. The van der Waals surface area contributed by atoms with Crippen molar-refractivity contribution in [2.45, 2.75) is 40.2 Å². The lowest BCUT2D eigenvalue weighted by Gasteiger charge is -2.41. The van der Waals surface area contributed by atoms with Gasteiger partial charge >= 0.3 is 11.9 Å². The number of carbonyl (C=O) groups excluding carboxylic acids is 2. The number of methoxy groups -OCH3 is 1. The largest absolute Gasteiger partial charge is 0.481 e. The normalized spacial score (nSPS) is 26.4. The number of nitrogens with zero attached hydrogens (tertiary/aromatic N) is 2. The summed E-state index contributed by atoms with van der Waals surface area (Å²) in [5, 5.41) is 9.70. The third-order valence-electron chi connectivity index (χ3n) is 7.46. The van der Waals surface area contributed by atoms with E-state index in [1.807, 2.05) is 30.9 Å². The van der Waals surface area contributed by atoms with Gasteiger partial charge in [-0.05, 0) is 42.9 Å². The van der Waals surface area contributed by atoms with E-state index < -0.39 is 16.8 Å². The summed E-state index contributed by atoms with van der Waals surface area (Å²) in [6, 6.07) is 7.39. The van der Waals surface area contributed by atoms with Crippen LogP contribution in [0.1, 0.15) is 49.5 Å². The number of hydrogen-bond donors (Lipinski definition) is 1. The minimum Gasteiger partial charge on any atom is -0.481 e. The smallest absolute Gasteiger partial charge is 0.337 e. The molecule has 30 heavy (non-hydrogen) atoms. The van der Waals surface area contributed by atoms with E-state index in [0.29, 0.717) is 31.5 Å². The lowest BCUT2D eigenvalue weighted by atomic mass is 9.65. The monoisotopic (exact) mass is 416 g/mol. The molecule has 1 N–H and O–H groups in total. The van der Waals surface area contributed by atoms with E-state index >= 15 is 0 Å². The van der Waals surface area contributed by atoms with Gasteiger partial charge in [0.15, 0.2) is 0 Å². The molecule has 0 spiro atoms. The second-order valence-electron chi connectivity index (χ2n) is 9.24. The van der Waals surface area contributed by atoms with Gasteiger partial charge in [-0.25, -0.2) is 4.79 Å². The van der Waals surface area contributed by atoms with Crippen molar-refractivity contribution < 1.29 is 24.2 Å². The zero-order chi connectivity index (χ0) is 22.1. The van der Waals surface area contributed by atoms with Gasteiger partial charge in [0.05, 0.1) is 18.1 Å². The number of hydrogen-bond acceptors (Lipinski definition) is 5. The highest BCUT2D eigenvalue weighted by atomic mass is 16.5. The molecule has 1 aromatic carbocycles. The summed E-state index contributed by atoms with van der Waals surface area (Å²) in [6.45, 7) is 9.21. The third kappa shape index (κ3) is 3.95. The van der Waals surface area contributed by atoms with Crippen molar-refractivity contribution in [3.63, 3.8) is 0 Å². The second-order valence-corrected chi connectivity index (χ2v) is 9.24. The maximum absolute atomic E-state index is 13.2. The van der Waals surface area contributed by atoms with Gasteiger partial charge in [-0.15, -0.1) is 0 Å². The summed E-state index contributed by atoms with van der Waals surface area (Å²) in [6.07, 6.45) is 1.16. The van der Waals surface area contributed by atoms with Gasteiger partial charge < -0.3 is 14.7 Å². The fourth-order valence-electron chi connectivity index (χ4n) is 4.78. The topological polar surface area (TPSA) is 87.2 Å². The van der Waals surface area contributed by atoms with Crippen LogP contribution in [0.4, 0.5) is 0 Å². The number of benzene rings is 1. The Hall–Kier alpha value is -2.41. The first kappa shape index (κ1) is 22.3. The number of esters is 1. The van der Waals surface area contributed by atoms with Crippen LogP contribution >= 0.6 is 0 Å². The molecule has 1 saturated carbocycles. The van der Waals surface area contributed by atoms with Crippen molar-refractivity contribution in [1.29, 1.82) is 0 Å². The maximum atomic E-state index is 13.2. The molecule has 0 bridgehead atoms. The summed E-state index contributed by atoms with van der Waals surface area (Å²) < 4.78 is 4.72. The molecule has 1 aliphatic heterocycles. The van der Waals surface area contributed by atoms with Crippen LogP contribution in [0.15, 0.2) is 24.3 Å². The minimum atomic E-state index is -0.870. The summed E-state index contributed by atoms with van der Waals surface area (Å²) in [5.74, 6) is -1.32. The Morgan fingerprint density at radius 1 is 1.07 bits per heavy atom. The molecule has 1 heterocycles. The van der Waals surface area contributed by atoms with Gasteiger partial charge in [0.1, 0.15) is 0 Å². The fourth-order valence-corrected chi connectivity index (χ4v) is 4.78. The molecule has 2 unspecified atom stereocenters. The molecule has 0 radical (unpaired) electrons. The highest BCUT2D eigenvalue weighted by Crippen LogP contribution is 2.56. The number of piperazine rings is 1. The molecular formula is C23H32N2O5. The molecule has 2 fully saturated rings. The van der Waals surface area contributed by atoms with Crippen LogP contribution < -0.4 is 0 Å². The SMILES string of the molecule is COC(=O)c1ccc(CN2CCN(C(=O)C3CCC(C)(C(=O)O)C3(C)C)CC2)cc1. The second kappa shape index (κ2) is 8.38. The van der Waals surface area contributed by atoms with Crippen LogP contribution in [-0.2, 0) is 20.9 Å². The van der Waals surface area contributed by atoms with E-state index in [1.54, 1.807) is 19.1 Å². The van der Waals surface area contributed by atoms with E-state index in [0.717, 1.165) is 25.2 Å². The molecule has 1 aromatic rings. The van der Waals surface area contributed by atoms with Crippen LogP contribution in [0.25, 0.3) is 0 Å². The average molecular weight is 417 g/mol. The zero-order valence-corrected chi connectivity index (χ0v) is 18.3. The first-order valence-corrected chi connectivity index (χ1v) is 10.5. The first-order valence-electron chi connectivity index (χ1n) is 10.5. The number of amides is 1. The number of carbonyl (C=O) groups is 3. The van der Waals surface area contributed by atoms with Crippen molar-refractivity contribution in [2.75, 3.05) is 33.3 Å². The Kier molecular flexibility index (Phi) is 6.22. The van der Waals surface area contributed by atoms with E-state index in [1.165, 1.54) is 7.11 Å². The Labute approximate surface area is 178 Å². The van der Waals surface area contributed by atoms with Gasteiger partial charge in [0.25, 0.3) is 0 Å². The fraction of sp³-hybridized carbons (Fsp3) is 0.609. The molecule has 1 saturated heterocycles. The molecule has 2 aliphatic rings. The predicted molar refractivity (Wildman–Crippen MR) is 112 cm³/mol. The summed E-state index contributed by atoms with van der Waals surface area (Å²) in [5.41, 5.74) is 0.195. The first-order chi connectivity index (χ1) is 14.1. The number of aliphatic carboxylic acids is 1. The van der Waals surface area contributed by atoms with Crippen molar-refractivity contribution in [2.24, 2.45) is 16.7 Å². The Morgan fingerprint density at radius 2 is 1.67 bits per heavy atom. The van der Waals surface area contributed by atoms with Crippen molar-refractivity contribution in [3.05, 3.63) is 35.4 Å². The van der Waals surface area contributed by atoms with Gasteiger partial charge in [0.2, 0.25) is 5.91 Å². The van der Waals surface area contributed by atoms with Crippen molar-refractivity contribution in [1.82, 2.24) is 9.80 Å². The van der Waals surface area contributed by atoms with Gasteiger partial charge in [0, 0.05) is 38.6 Å². The highest BCUT2D eigenvalue weighted by Gasteiger charge is 2.58. The van der Waals surface area contributed by atoms with Crippen molar-refractivity contribution in [3.8, 4) is 0 Å². The van der Waals surface area contributed by atoms with E-state index in [2.05, 4.69) is 4.90 Å². The van der Waals surface area contributed by atoms with Gasteiger partial charge in [-0.2, -0.15) is 0 Å². The summed E-state index contributed by atoms with van der Waals surface area (Å²) in [4.78, 5) is 40.7.